The van der Waals surface area contributed by atoms with Gasteiger partial charge in [-0.1, -0.05) is 6.07 Å². The van der Waals surface area contributed by atoms with Crippen LogP contribution in [0.2, 0.25) is 0 Å². The van der Waals surface area contributed by atoms with Gasteiger partial charge in [0.25, 0.3) is 5.56 Å². The molecular formula is C19H13FN4O. The summed E-state index contributed by atoms with van der Waals surface area (Å²) in [4.78, 5) is 25.3. The van der Waals surface area contributed by atoms with E-state index in [-0.39, 0.29) is 11.4 Å². The molecule has 1 aromatic carbocycles. The molecule has 0 atom stereocenters. The summed E-state index contributed by atoms with van der Waals surface area (Å²) >= 11 is 0. The van der Waals surface area contributed by atoms with Crippen molar-refractivity contribution in [1.82, 2.24) is 19.5 Å². The van der Waals surface area contributed by atoms with E-state index in [9.17, 15) is 9.18 Å². The van der Waals surface area contributed by atoms with E-state index in [1.54, 1.807) is 30.5 Å². The molecule has 0 unspecified atom stereocenters. The van der Waals surface area contributed by atoms with Gasteiger partial charge in [0.2, 0.25) is 0 Å². The maximum Gasteiger partial charge on any atom is 0.271 e. The number of rotatable bonds is 3. The van der Waals surface area contributed by atoms with Gasteiger partial charge in [0.15, 0.2) is 5.65 Å². The average molecular weight is 332 g/mol. The van der Waals surface area contributed by atoms with E-state index in [1.165, 1.54) is 22.9 Å². The van der Waals surface area contributed by atoms with Gasteiger partial charge in [-0.05, 0) is 48.5 Å². The van der Waals surface area contributed by atoms with Crippen molar-refractivity contribution in [1.29, 1.82) is 0 Å². The third-order valence-corrected chi connectivity index (χ3v) is 3.88. The minimum Gasteiger partial charge on any atom is -0.284 e. The first-order valence-electron chi connectivity index (χ1n) is 7.73. The van der Waals surface area contributed by atoms with Gasteiger partial charge in [0.05, 0.1) is 24.1 Å². The van der Waals surface area contributed by atoms with Gasteiger partial charge in [0, 0.05) is 11.8 Å². The smallest absolute Gasteiger partial charge is 0.271 e. The third kappa shape index (κ3) is 3.01. The van der Waals surface area contributed by atoms with E-state index in [0.29, 0.717) is 23.4 Å². The van der Waals surface area contributed by atoms with Crippen LogP contribution in [0.25, 0.3) is 22.4 Å². The number of hydrogen-bond donors (Lipinski definition) is 0. The number of fused-ring (bicyclic) bond motifs is 1. The molecule has 0 saturated heterocycles. The van der Waals surface area contributed by atoms with Crippen LogP contribution in [0.1, 0.15) is 5.69 Å². The Labute approximate surface area is 142 Å². The minimum absolute atomic E-state index is 0.248. The lowest BCUT2D eigenvalue weighted by molar-refractivity contribution is 0.628. The Morgan fingerprint density at radius 2 is 1.80 bits per heavy atom. The lowest BCUT2D eigenvalue weighted by Crippen LogP contribution is -2.22. The van der Waals surface area contributed by atoms with Gasteiger partial charge in [0.1, 0.15) is 11.3 Å². The molecule has 0 aliphatic heterocycles. The lowest BCUT2D eigenvalue weighted by Gasteiger charge is -2.10. The summed E-state index contributed by atoms with van der Waals surface area (Å²) in [6, 6.07) is 15.2. The van der Waals surface area contributed by atoms with Crippen molar-refractivity contribution in [3.63, 3.8) is 0 Å². The number of aromatic nitrogens is 4. The van der Waals surface area contributed by atoms with Crippen molar-refractivity contribution in [2.45, 2.75) is 6.54 Å². The molecule has 4 rings (SSSR count). The Hall–Kier alpha value is -3.41. The van der Waals surface area contributed by atoms with Crippen LogP contribution in [0.3, 0.4) is 0 Å². The number of hydrogen-bond acceptors (Lipinski definition) is 4. The Morgan fingerprint density at radius 1 is 0.960 bits per heavy atom. The Kier molecular flexibility index (Phi) is 3.78. The van der Waals surface area contributed by atoms with Crippen LogP contribution in [-0.4, -0.2) is 19.5 Å². The van der Waals surface area contributed by atoms with Crippen molar-refractivity contribution < 1.29 is 4.39 Å². The molecule has 3 heterocycles. The molecule has 0 aliphatic carbocycles. The molecule has 6 heteroatoms. The van der Waals surface area contributed by atoms with Crippen LogP contribution in [-0.2, 0) is 6.54 Å². The summed E-state index contributed by atoms with van der Waals surface area (Å²) in [5.74, 6) is -0.307. The molecule has 5 nitrogen and oxygen atoms in total. The van der Waals surface area contributed by atoms with Crippen LogP contribution >= 0.6 is 0 Å². The first-order valence-corrected chi connectivity index (χ1v) is 7.73. The van der Waals surface area contributed by atoms with Gasteiger partial charge in [-0.15, -0.1) is 0 Å². The van der Waals surface area contributed by atoms with Crippen molar-refractivity contribution in [3.05, 3.63) is 88.9 Å². The van der Waals surface area contributed by atoms with Crippen molar-refractivity contribution in [3.8, 4) is 11.3 Å². The highest BCUT2D eigenvalue weighted by atomic mass is 19.1. The van der Waals surface area contributed by atoms with Crippen LogP contribution in [0.4, 0.5) is 4.39 Å². The topological polar surface area (TPSA) is 60.7 Å². The molecule has 0 amide bonds. The van der Waals surface area contributed by atoms with E-state index in [1.807, 2.05) is 18.2 Å². The van der Waals surface area contributed by atoms with Crippen molar-refractivity contribution in [2.75, 3.05) is 0 Å². The van der Waals surface area contributed by atoms with Crippen LogP contribution in [0.5, 0.6) is 0 Å². The van der Waals surface area contributed by atoms with Crippen LogP contribution < -0.4 is 5.56 Å². The Bertz CT molecular complexity index is 1090. The van der Waals surface area contributed by atoms with Crippen molar-refractivity contribution in [2.24, 2.45) is 0 Å². The number of nitrogens with zero attached hydrogens (tertiary/aromatic N) is 4. The fourth-order valence-electron chi connectivity index (χ4n) is 2.63. The minimum atomic E-state index is -0.307. The van der Waals surface area contributed by atoms with E-state index in [0.717, 1.165) is 11.3 Å². The predicted octanol–water partition coefficient (Wildman–Crippen LogP) is 3.04. The Morgan fingerprint density at radius 3 is 2.56 bits per heavy atom. The molecule has 122 valence electrons. The van der Waals surface area contributed by atoms with Crippen LogP contribution in [0.15, 0.2) is 71.8 Å². The van der Waals surface area contributed by atoms with Gasteiger partial charge >= 0.3 is 0 Å². The SMILES string of the molecule is O=c1cnc2ccc(-c3ccc(F)cc3)nc2n1Cc1ccccn1. The monoisotopic (exact) mass is 332 g/mol. The second kappa shape index (κ2) is 6.24. The fourth-order valence-corrected chi connectivity index (χ4v) is 2.63. The maximum atomic E-state index is 13.1. The second-order valence-corrected chi connectivity index (χ2v) is 5.55. The summed E-state index contributed by atoms with van der Waals surface area (Å²) in [6.07, 6.45) is 2.96. The maximum absolute atomic E-state index is 13.1. The van der Waals surface area contributed by atoms with E-state index in [4.69, 9.17) is 0 Å². The summed E-state index contributed by atoms with van der Waals surface area (Å²) in [5.41, 5.74) is 3.01. The van der Waals surface area contributed by atoms with Crippen molar-refractivity contribution >= 4 is 11.2 Å². The van der Waals surface area contributed by atoms with E-state index < -0.39 is 0 Å². The van der Waals surface area contributed by atoms with E-state index >= 15 is 0 Å². The summed E-state index contributed by atoms with van der Waals surface area (Å²) < 4.78 is 14.7. The summed E-state index contributed by atoms with van der Waals surface area (Å²) in [6.45, 7) is 0.304. The molecule has 0 bridgehead atoms. The standard InChI is InChI=1S/C19H13FN4O/c20-14-6-4-13(5-7-14)16-8-9-17-19(23-16)24(18(25)11-22-17)12-15-3-1-2-10-21-15/h1-11H,12H2. The first-order chi connectivity index (χ1) is 12.2. The van der Waals surface area contributed by atoms with Gasteiger partial charge in [-0.25, -0.2) is 14.4 Å². The molecule has 0 fully saturated rings. The average Bonchev–Trinajstić information content (AvgIpc) is 2.65. The molecule has 0 saturated carbocycles. The molecule has 0 spiro atoms. The Balaban J connectivity index is 1.86. The summed E-state index contributed by atoms with van der Waals surface area (Å²) in [5, 5.41) is 0. The highest BCUT2D eigenvalue weighted by molar-refractivity contribution is 5.74. The largest absolute Gasteiger partial charge is 0.284 e. The van der Waals surface area contributed by atoms with Crippen LogP contribution in [0, 0.1) is 5.82 Å². The number of benzene rings is 1. The molecular weight excluding hydrogens is 319 g/mol. The zero-order valence-corrected chi connectivity index (χ0v) is 13.1. The molecule has 0 N–H and O–H groups in total. The summed E-state index contributed by atoms with van der Waals surface area (Å²) in [7, 11) is 0. The van der Waals surface area contributed by atoms with Gasteiger partial charge < -0.3 is 0 Å². The molecule has 3 aromatic heterocycles. The number of pyridine rings is 2. The third-order valence-electron chi connectivity index (χ3n) is 3.88. The zero-order valence-electron chi connectivity index (χ0n) is 13.1. The highest BCUT2D eigenvalue weighted by Gasteiger charge is 2.09. The number of halogens is 1. The van der Waals surface area contributed by atoms with Gasteiger partial charge in [-0.2, -0.15) is 0 Å². The first kappa shape index (κ1) is 15.1. The molecule has 0 aliphatic rings. The van der Waals surface area contributed by atoms with E-state index in [2.05, 4.69) is 15.0 Å². The molecule has 4 aromatic rings. The predicted molar refractivity (Wildman–Crippen MR) is 92.5 cm³/mol. The fraction of sp³-hybridized carbons (Fsp3) is 0.0526. The molecule has 25 heavy (non-hydrogen) atoms. The zero-order chi connectivity index (χ0) is 17.2. The highest BCUT2D eigenvalue weighted by Crippen LogP contribution is 2.20. The molecule has 0 radical (unpaired) electrons. The van der Waals surface area contributed by atoms with Gasteiger partial charge in [-0.3, -0.25) is 14.3 Å². The normalized spacial score (nSPS) is 10.9. The second-order valence-electron chi connectivity index (χ2n) is 5.55. The lowest BCUT2D eigenvalue weighted by atomic mass is 10.1. The quantitative estimate of drug-likeness (QED) is 0.578.